The van der Waals surface area contributed by atoms with Crippen LogP contribution in [0.4, 0.5) is 13.2 Å². The van der Waals surface area contributed by atoms with Crippen molar-refractivity contribution in [3.05, 3.63) is 70.6 Å². The van der Waals surface area contributed by atoms with Crippen LogP contribution in [0.15, 0.2) is 64.4 Å². The molecule has 0 aliphatic carbocycles. The Bertz CT molecular complexity index is 643. The zero-order valence-corrected chi connectivity index (χ0v) is 12.6. The Hall–Kier alpha value is -1.68. The molecule has 0 aliphatic rings. The van der Waals surface area contributed by atoms with E-state index in [2.05, 4.69) is 0 Å². The summed E-state index contributed by atoms with van der Waals surface area (Å²) in [5, 5.41) is 0. The van der Waals surface area contributed by atoms with Gasteiger partial charge in [0.1, 0.15) is 0 Å². The fourth-order valence-corrected chi connectivity index (χ4v) is 3.07. The van der Waals surface area contributed by atoms with Crippen molar-refractivity contribution in [3.8, 4) is 0 Å². The highest BCUT2D eigenvalue weighted by molar-refractivity contribution is 8.03. The van der Waals surface area contributed by atoms with Crippen LogP contribution in [0.1, 0.15) is 18.1 Å². The van der Waals surface area contributed by atoms with Crippen molar-refractivity contribution >= 4 is 17.3 Å². The van der Waals surface area contributed by atoms with Crippen LogP contribution in [0, 0.1) is 6.92 Å². The Morgan fingerprint density at radius 3 is 2.19 bits per heavy atom. The number of alkyl halides is 3. The summed E-state index contributed by atoms with van der Waals surface area (Å²) in [7, 11) is 0. The van der Waals surface area contributed by atoms with Crippen molar-refractivity contribution in [1.29, 1.82) is 0 Å². The van der Waals surface area contributed by atoms with Crippen molar-refractivity contribution in [1.82, 2.24) is 0 Å². The molecule has 21 heavy (non-hydrogen) atoms. The van der Waals surface area contributed by atoms with Crippen molar-refractivity contribution in [2.75, 3.05) is 0 Å². The van der Waals surface area contributed by atoms with E-state index in [1.165, 1.54) is 13.0 Å². The second kappa shape index (κ2) is 6.39. The van der Waals surface area contributed by atoms with Crippen LogP contribution in [-0.2, 0) is 0 Å². The summed E-state index contributed by atoms with van der Waals surface area (Å²) in [5.41, 5.74) is 0.454. The lowest BCUT2D eigenvalue weighted by atomic mass is 10.0. The Labute approximate surface area is 126 Å². The number of allylic oxidation sites excluding steroid dienone is 2. The maximum absolute atomic E-state index is 13.4. The minimum absolute atomic E-state index is 0.212. The monoisotopic (exact) mass is 308 g/mol. The molecule has 0 bridgehead atoms. The molecule has 110 valence electrons. The molecule has 2 rings (SSSR count). The van der Waals surface area contributed by atoms with Gasteiger partial charge in [-0.05, 0) is 36.4 Å². The first kappa shape index (κ1) is 15.7. The molecule has 0 unspecified atom stereocenters. The molecule has 0 fully saturated rings. The molecule has 0 N–H and O–H groups in total. The van der Waals surface area contributed by atoms with E-state index in [4.69, 9.17) is 0 Å². The molecular formula is C17H15F3S. The van der Waals surface area contributed by atoms with Gasteiger partial charge in [-0.2, -0.15) is 13.2 Å². The summed E-state index contributed by atoms with van der Waals surface area (Å²) in [6, 6.07) is 15.6. The van der Waals surface area contributed by atoms with E-state index in [1.807, 2.05) is 18.2 Å². The highest BCUT2D eigenvalue weighted by Gasteiger charge is 2.36. The minimum Gasteiger partial charge on any atom is -0.166 e. The lowest BCUT2D eigenvalue weighted by Crippen LogP contribution is -2.12. The van der Waals surface area contributed by atoms with E-state index >= 15 is 0 Å². The molecule has 0 amide bonds. The van der Waals surface area contributed by atoms with Gasteiger partial charge in [0.25, 0.3) is 0 Å². The molecule has 0 aromatic heterocycles. The Morgan fingerprint density at radius 1 is 0.952 bits per heavy atom. The van der Waals surface area contributed by atoms with E-state index in [-0.39, 0.29) is 10.5 Å². The van der Waals surface area contributed by atoms with E-state index in [9.17, 15) is 13.2 Å². The van der Waals surface area contributed by atoms with Crippen LogP contribution in [0.5, 0.6) is 0 Å². The lowest BCUT2D eigenvalue weighted by molar-refractivity contribution is -0.0691. The van der Waals surface area contributed by atoms with Crippen LogP contribution < -0.4 is 0 Å². The van der Waals surface area contributed by atoms with Crippen LogP contribution in [0.3, 0.4) is 0 Å². The maximum atomic E-state index is 13.4. The maximum Gasteiger partial charge on any atom is 0.417 e. The van der Waals surface area contributed by atoms with E-state index in [0.29, 0.717) is 0 Å². The zero-order valence-electron chi connectivity index (χ0n) is 11.7. The number of thioether (sulfide) groups is 1. The molecule has 0 nitrogen and oxygen atoms in total. The number of benzene rings is 2. The van der Waals surface area contributed by atoms with E-state index in [1.54, 1.807) is 37.3 Å². The van der Waals surface area contributed by atoms with Crippen molar-refractivity contribution in [2.45, 2.75) is 24.9 Å². The number of halogens is 3. The second-order valence-electron chi connectivity index (χ2n) is 4.71. The summed E-state index contributed by atoms with van der Waals surface area (Å²) >= 11 is 1.14. The molecule has 0 aliphatic heterocycles. The second-order valence-corrected chi connectivity index (χ2v) is 6.00. The van der Waals surface area contributed by atoms with Gasteiger partial charge in [0.2, 0.25) is 0 Å². The molecule has 0 atom stereocenters. The quantitative estimate of drug-likeness (QED) is 0.619. The van der Waals surface area contributed by atoms with Gasteiger partial charge in [-0.15, -0.1) is 0 Å². The molecule has 0 saturated heterocycles. The Kier molecular flexibility index (Phi) is 4.78. The molecule has 0 saturated carbocycles. The van der Waals surface area contributed by atoms with Gasteiger partial charge < -0.3 is 0 Å². The third-order valence-corrected chi connectivity index (χ3v) is 3.97. The molecule has 4 heteroatoms. The summed E-state index contributed by atoms with van der Waals surface area (Å²) in [4.78, 5) is 1.05. The highest BCUT2D eigenvalue weighted by atomic mass is 32.2. The topological polar surface area (TPSA) is 0 Å². The van der Waals surface area contributed by atoms with Crippen LogP contribution >= 0.6 is 11.8 Å². The van der Waals surface area contributed by atoms with Gasteiger partial charge in [0.15, 0.2) is 0 Å². The number of rotatable bonds is 3. The third-order valence-electron chi connectivity index (χ3n) is 2.96. The van der Waals surface area contributed by atoms with Gasteiger partial charge in [-0.3, -0.25) is 0 Å². The Morgan fingerprint density at radius 2 is 1.62 bits per heavy atom. The number of aryl methyl sites for hydroxylation is 1. The fourth-order valence-electron chi connectivity index (χ4n) is 2.08. The van der Waals surface area contributed by atoms with Gasteiger partial charge in [0.05, 0.1) is 5.57 Å². The zero-order chi connectivity index (χ0) is 15.5. The van der Waals surface area contributed by atoms with E-state index in [0.717, 1.165) is 22.2 Å². The third kappa shape index (κ3) is 4.14. The molecule has 0 radical (unpaired) electrons. The number of hydrogen-bond acceptors (Lipinski definition) is 1. The first-order valence-electron chi connectivity index (χ1n) is 6.46. The van der Waals surface area contributed by atoms with Gasteiger partial charge in [-0.1, -0.05) is 59.8 Å². The summed E-state index contributed by atoms with van der Waals surface area (Å²) < 4.78 is 40.3. The van der Waals surface area contributed by atoms with Crippen molar-refractivity contribution < 1.29 is 13.2 Å². The Balaban J connectivity index is 2.47. The predicted molar refractivity (Wildman–Crippen MR) is 82.1 cm³/mol. The first-order chi connectivity index (χ1) is 9.88. The average molecular weight is 308 g/mol. The normalized spacial score (nSPS) is 13.0. The van der Waals surface area contributed by atoms with Crippen molar-refractivity contribution in [2.24, 2.45) is 0 Å². The van der Waals surface area contributed by atoms with Crippen LogP contribution in [0.2, 0.25) is 0 Å². The standard InChI is InChI=1S/C17H15F3S/c1-12-7-6-8-14(11-12)16(17(18,19)20)13(2)21-15-9-4-3-5-10-15/h3-11H,1-2H3/b16-13+. The van der Waals surface area contributed by atoms with Crippen LogP contribution in [-0.4, -0.2) is 6.18 Å². The molecule has 2 aromatic rings. The predicted octanol–water partition coefficient (Wildman–Crippen LogP) is 6.08. The number of hydrogen-bond donors (Lipinski definition) is 0. The molecule has 0 heterocycles. The summed E-state index contributed by atoms with van der Waals surface area (Å²) in [6.07, 6.45) is -4.38. The molecule has 2 aromatic carbocycles. The largest absolute Gasteiger partial charge is 0.417 e. The SMILES string of the molecule is C/C(Sc1ccccc1)=C(/c1cccc(C)c1)C(F)(F)F. The van der Waals surface area contributed by atoms with Crippen LogP contribution in [0.25, 0.3) is 5.57 Å². The lowest BCUT2D eigenvalue weighted by Gasteiger charge is -2.16. The van der Waals surface area contributed by atoms with Gasteiger partial charge in [-0.25, -0.2) is 0 Å². The fraction of sp³-hybridized carbons (Fsp3) is 0.176. The summed E-state index contributed by atoms with van der Waals surface area (Å²) in [5.74, 6) is 0. The van der Waals surface area contributed by atoms with E-state index < -0.39 is 11.7 Å². The average Bonchev–Trinajstić information content (AvgIpc) is 2.38. The molecule has 0 spiro atoms. The smallest absolute Gasteiger partial charge is 0.166 e. The summed E-state index contributed by atoms with van der Waals surface area (Å²) in [6.45, 7) is 3.31. The van der Waals surface area contributed by atoms with Crippen molar-refractivity contribution in [3.63, 3.8) is 0 Å². The minimum atomic E-state index is -4.38. The molecular weight excluding hydrogens is 293 g/mol. The van der Waals surface area contributed by atoms with Gasteiger partial charge >= 0.3 is 6.18 Å². The highest BCUT2D eigenvalue weighted by Crippen LogP contribution is 2.41. The van der Waals surface area contributed by atoms with Gasteiger partial charge in [0, 0.05) is 4.90 Å². The first-order valence-corrected chi connectivity index (χ1v) is 7.27.